The second kappa shape index (κ2) is 8.27. The minimum atomic E-state index is -0.282. The van der Waals surface area contributed by atoms with Gasteiger partial charge in [0.05, 0.1) is 27.7 Å². The number of hydrogen-bond donors (Lipinski definition) is 1. The molecule has 26 heavy (non-hydrogen) atoms. The number of rotatable bonds is 6. The number of amides is 1. The number of thioether (sulfide) groups is 1. The van der Waals surface area contributed by atoms with E-state index in [0.29, 0.717) is 12.3 Å². The Hall–Kier alpha value is -2.47. The standard InChI is InChI=1S/C20H20FN3OS/c1-13-19(24-18-6-4-3-5-17(18)23-13)12-26-14(2)20(25)22-11-15-7-9-16(21)10-8-15/h3-10,14H,11-12H2,1-2H3,(H,22,25). The Labute approximate surface area is 156 Å². The van der Waals surface area contributed by atoms with Gasteiger partial charge in [-0.1, -0.05) is 24.3 Å². The Morgan fingerprint density at radius 2 is 1.77 bits per heavy atom. The van der Waals surface area contributed by atoms with E-state index >= 15 is 0 Å². The molecule has 3 rings (SSSR count). The van der Waals surface area contributed by atoms with Crippen LogP contribution in [-0.4, -0.2) is 21.1 Å². The molecular formula is C20H20FN3OS. The number of carbonyl (C=O) groups is 1. The summed E-state index contributed by atoms with van der Waals surface area (Å²) in [4.78, 5) is 21.5. The van der Waals surface area contributed by atoms with Gasteiger partial charge in [0.25, 0.3) is 0 Å². The van der Waals surface area contributed by atoms with E-state index in [-0.39, 0.29) is 17.0 Å². The molecule has 0 spiro atoms. The summed E-state index contributed by atoms with van der Waals surface area (Å²) in [5, 5.41) is 2.66. The Morgan fingerprint density at radius 1 is 1.12 bits per heavy atom. The fourth-order valence-electron chi connectivity index (χ4n) is 2.48. The average Bonchev–Trinajstić information content (AvgIpc) is 2.65. The third-order valence-corrected chi connectivity index (χ3v) is 5.22. The van der Waals surface area contributed by atoms with Crippen LogP contribution in [-0.2, 0) is 17.1 Å². The van der Waals surface area contributed by atoms with Crippen molar-refractivity contribution in [3.63, 3.8) is 0 Å². The topological polar surface area (TPSA) is 54.9 Å². The molecule has 0 aliphatic heterocycles. The summed E-state index contributed by atoms with van der Waals surface area (Å²) in [6, 6.07) is 13.9. The zero-order valence-corrected chi connectivity index (χ0v) is 15.5. The van der Waals surface area contributed by atoms with Gasteiger partial charge in [-0.15, -0.1) is 11.8 Å². The minimum Gasteiger partial charge on any atom is -0.351 e. The maximum Gasteiger partial charge on any atom is 0.233 e. The first-order chi connectivity index (χ1) is 12.5. The van der Waals surface area contributed by atoms with E-state index in [4.69, 9.17) is 0 Å². The van der Waals surface area contributed by atoms with E-state index < -0.39 is 0 Å². The summed E-state index contributed by atoms with van der Waals surface area (Å²) in [7, 11) is 0. The van der Waals surface area contributed by atoms with Crippen molar-refractivity contribution in [1.29, 1.82) is 0 Å². The Bertz CT molecular complexity index is 915. The molecule has 0 aliphatic rings. The monoisotopic (exact) mass is 369 g/mol. The van der Waals surface area contributed by atoms with Gasteiger partial charge in [-0.3, -0.25) is 4.79 Å². The molecule has 0 saturated carbocycles. The van der Waals surface area contributed by atoms with Gasteiger partial charge in [-0.05, 0) is 43.7 Å². The van der Waals surface area contributed by atoms with Crippen LogP contribution < -0.4 is 5.32 Å². The SMILES string of the molecule is Cc1nc2ccccc2nc1CSC(C)C(=O)NCc1ccc(F)cc1. The van der Waals surface area contributed by atoms with Crippen molar-refractivity contribution in [1.82, 2.24) is 15.3 Å². The summed E-state index contributed by atoms with van der Waals surface area (Å²) >= 11 is 1.52. The molecule has 1 heterocycles. The van der Waals surface area contributed by atoms with Gasteiger partial charge >= 0.3 is 0 Å². The highest BCUT2D eigenvalue weighted by molar-refractivity contribution is 7.99. The van der Waals surface area contributed by atoms with Crippen LogP contribution in [0.3, 0.4) is 0 Å². The molecule has 0 fully saturated rings. The highest BCUT2D eigenvalue weighted by Crippen LogP contribution is 2.20. The van der Waals surface area contributed by atoms with Gasteiger partial charge in [0.15, 0.2) is 0 Å². The molecule has 1 unspecified atom stereocenters. The molecule has 0 aliphatic carbocycles. The van der Waals surface area contributed by atoms with Crippen LogP contribution >= 0.6 is 11.8 Å². The Balaban J connectivity index is 1.56. The van der Waals surface area contributed by atoms with Crippen LogP contribution in [0.4, 0.5) is 4.39 Å². The lowest BCUT2D eigenvalue weighted by molar-refractivity contribution is -0.120. The minimum absolute atomic E-state index is 0.0503. The molecule has 0 saturated heterocycles. The molecule has 2 aromatic carbocycles. The lowest BCUT2D eigenvalue weighted by atomic mass is 10.2. The first-order valence-electron chi connectivity index (χ1n) is 8.39. The van der Waals surface area contributed by atoms with Crippen molar-refractivity contribution in [2.75, 3.05) is 0 Å². The molecule has 3 aromatic rings. The van der Waals surface area contributed by atoms with Crippen molar-refractivity contribution >= 4 is 28.7 Å². The van der Waals surface area contributed by atoms with Crippen LogP contribution in [0.2, 0.25) is 0 Å². The predicted molar refractivity (Wildman–Crippen MR) is 103 cm³/mol. The first kappa shape index (κ1) is 18.3. The van der Waals surface area contributed by atoms with Crippen LogP contribution in [0.5, 0.6) is 0 Å². The number of para-hydroxylation sites is 2. The fourth-order valence-corrected chi connectivity index (χ4v) is 3.39. The van der Waals surface area contributed by atoms with Gasteiger partial charge in [-0.2, -0.15) is 0 Å². The third kappa shape index (κ3) is 4.58. The van der Waals surface area contributed by atoms with E-state index in [0.717, 1.165) is 28.0 Å². The quantitative estimate of drug-likeness (QED) is 0.713. The molecule has 1 aromatic heterocycles. The summed E-state index contributed by atoms with van der Waals surface area (Å²) in [6.45, 7) is 4.20. The number of aromatic nitrogens is 2. The molecule has 0 radical (unpaired) electrons. The molecular weight excluding hydrogens is 349 g/mol. The van der Waals surface area contributed by atoms with Crippen molar-refractivity contribution in [3.05, 3.63) is 71.3 Å². The predicted octanol–water partition coefficient (Wildman–Crippen LogP) is 4.02. The number of aryl methyl sites for hydroxylation is 1. The fraction of sp³-hybridized carbons (Fsp3) is 0.250. The van der Waals surface area contributed by atoms with Crippen LogP contribution in [0.25, 0.3) is 11.0 Å². The number of hydrogen-bond acceptors (Lipinski definition) is 4. The second-order valence-electron chi connectivity index (χ2n) is 6.04. The summed E-state index contributed by atoms with van der Waals surface area (Å²) in [5.74, 6) is 0.288. The number of halogens is 1. The lowest BCUT2D eigenvalue weighted by Gasteiger charge is -2.13. The molecule has 6 heteroatoms. The molecule has 4 nitrogen and oxygen atoms in total. The van der Waals surface area contributed by atoms with E-state index in [1.165, 1.54) is 23.9 Å². The van der Waals surface area contributed by atoms with Crippen molar-refractivity contribution in [2.24, 2.45) is 0 Å². The first-order valence-corrected chi connectivity index (χ1v) is 9.44. The zero-order valence-electron chi connectivity index (χ0n) is 14.7. The van der Waals surface area contributed by atoms with Crippen LogP contribution in [0.1, 0.15) is 23.9 Å². The second-order valence-corrected chi connectivity index (χ2v) is 7.37. The van der Waals surface area contributed by atoms with E-state index in [1.54, 1.807) is 12.1 Å². The maximum absolute atomic E-state index is 12.9. The molecule has 1 N–H and O–H groups in total. The lowest BCUT2D eigenvalue weighted by Crippen LogP contribution is -2.30. The van der Waals surface area contributed by atoms with E-state index in [9.17, 15) is 9.18 Å². The molecule has 1 amide bonds. The van der Waals surface area contributed by atoms with Gasteiger partial charge in [0.2, 0.25) is 5.91 Å². The maximum atomic E-state index is 12.9. The van der Waals surface area contributed by atoms with Crippen LogP contribution in [0, 0.1) is 12.7 Å². The highest BCUT2D eigenvalue weighted by Gasteiger charge is 2.15. The van der Waals surface area contributed by atoms with E-state index in [2.05, 4.69) is 15.3 Å². The van der Waals surface area contributed by atoms with Crippen LogP contribution in [0.15, 0.2) is 48.5 Å². The van der Waals surface area contributed by atoms with Gasteiger partial charge in [0, 0.05) is 12.3 Å². The Kier molecular flexibility index (Phi) is 5.83. The highest BCUT2D eigenvalue weighted by atomic mass is 32.2. The third-order valence-electron chi connectivity index (χ3n) is 4.06. The number of fused-ring (bicyclic) bond motifs is 1. The molecule has 1 atom stereocenters. The summed E-state index contributed by atoms with van der Waals surface area (Å²) < 4.78 is 12.9. The number of benzene rings is 2. The summed E-state index contributed by atoms with van der Waals surface area (Å²) in [5.41, 5.74) is 4.39. The zero-order chi connectivity index (χ0) is 18.5. The van der Waals surface area contributed by atoms with E-state index in [1.807, 2.05) is 38.1 Å². The number of carbonyl (C=O) groups excluding carboxylic acids is 1. The molecule has 0 bridgehead atoms. The average molecular weight is 369 g/mol. The van der Waals surface area contributed by atoms with Crippen molar-refractivity contribution in [2.45, 2.75) is 31.4 Å². The van der Waals surface area contributed by atoms with Crippen molar-refractivity contribution in [3.8, 4) is 0 Å². The van der Waals surface area contributed by atoms with Gasteiger partial charge in [-0.25, -0.2) is 14.4 Å². The normalized spacial score (nSPS) is 12.1. The largest absolute Gasteiger partial charge is 0.351 e. The van der Waals surface area contributed by atoms with Gasteiger partial charge in [0.1, 0.15) is 5.82 Å². The Morgan fingerprint density at radius 3 is 2.46 bits per heavy atom. The number of nitrogens with one attached hydrogen (secondary N) is 1. The number of nitrogens with zero attached hydrogens (tertiary/aromatic N) is 2. The van der Waals surface area contributed by atoms with Crippen molar-refractivity contribution < 1.29 is 9.18 Å². The molecule has 134 valence electrons. The summed E-state index contributed by atoms with van der Waals surface area (Å²) in [6.07, 6.45) is 0. The smallest absolute Gasteiger partial charge is 0.233 e. The van der Waals surface area contributed by atoms with Gasteiger partial charge < -0.3 is 5.32 Å².